The number of rotatable bonds is 2. The molecule has 6 heteroatoms. The maximum absolute atomic E-state index is 14.0. The SMILES string of the molecule is O=c1[nH]c2ccc(C(Br)c3c(F)cccc3Br)cc2[nH]1. The number of hydrogen-bond donors (Lipinski definition) is 2. The normalized spacial score (nSPS) is 12.8. The largest absolute Gasteiger partial charge is 0.323 e. The van der Waals surface area contributed by atoms with E-state index in [1.165, 1.54) is 6.07 Å². The number of aromatic nitrogens is 2. The molecule has 0 amide bonds. The maximum Gasteiger partial charge on any atom is 0.323 e. The van der Waals surface area contributed by atoms with Crippen LogP contribution in [0.4, 0.5) is 4.39 Å². The third-order valence-corrected chi connectivity index (χ3v) is 4.76. The highest BCUT2D eigenvalue weighted by atomic mass is 79.9. The van der Waals surface area contributed by atoms with Crippen molar-refractivity contribution in [3.8, 4) is 0 Å². The summed E-state index contributed by atoms with van der Waals surface area (Å²) in [5.41, 5.74) is 2.56. The van der Waals surface area contributed by atoms with E-state index in [0.29, 0.717) is 15.6 Å². The summed E-state index contributed by atoms with van der Waals surface area (Å²) in [6.45, 7) is 0. The first-order chi connectivity index (χ1) is 9.56. The number of H-pyrrole nitrogens is 2. The summed E-state index contributed by atoms with van der Waals surface area (Å²) in [5.74, 6) is -0.288. The Balaban J connectivity index is 2.12. The molecule has 20 heavy (non-hydrogen) atoms. The molecule has 3 rings (SSSR count). The lowest BCUT2D eigenvalue weighted by molar-refractivity contribution is 0.612. The fourth-order valence-electron chi connectivity index (χ4n) is 2.13. The predicted octanol–water partition coefficient (Wildman–Crippen LogP) is 4.24. The molecule has 3 nitrogen and oxygen atoms in total. The Bertz CT molecular complexity index is 820. The standard InChI is InChI=1S/C14H9Br2FN2O/c15-8-2-1-3-9(17)12(8)13(16)7-4-5-10-11(6-7)19-14(20)18-10/h1-6,13H,(H2,18,19,20). The van der Waals surface area contributed by atoms with Crippen LogP contribution in [-0.2, 0) is 0 Å². The molecule has 1 unspecified atom stereocenters. The van der Waals surface area contributed by atoms with Crippen molar-refractivity contribution >= 4 is 42.9 Å². The topological polar surface area (TPSA) is 48.6 Å². The van der Waals surface area contributed by atoms with Crippen molar-refractivity contribution in [1.29, 1.82) is 0 Å². The Kier molecular flexibility index (Phi) is 3.52. The lowest BCUT2D eigenvalue weighted by atomic mass is 10.0. The maximum atomic E-state index is 14.0. The highest BCUT2D eigenvalue weighted by Gasteiger charge is 2.18. The van der Waals surface area contributed by atoms with E-state index in [1.54, 1.807) is 18.2 Å². The van der Waals surface area contributed by atoms with Crippen molar-refractivity contribution in [3.05, 3.63) is 68.3 Å². The minimum Gasteiger partial charge on any atom is -0.306 e. The van der Waals surface area contributed by atoms with Crippen molar-refractivity contribution in [2.24, 2.45) is 0 Å². The van der Waals surface area contributed by atoms with Crippen molar-refractivity contribution in [3.63, 3.8) is 0 Å². The van der Waals surface area contributed by atoms with E-state index >= 15 is 0 Å². The minimum absolute atomic E-state index is 0.254. The summed E-state index contributed by atoms with van der Waals surface area (Å²) in [7, 11) is 0. The van der Waals surface area contributed by atoms with Gasteiger partial charge in [0.2, 0.25) is 0 Å². The molecule has 0 aliphatic heterocycles. The molecule has 0 spiro atoms. The first-order valence-corrected chi connectivity index (χ1v) is 7.57. The molecular weight excluding hydrogens is 391 g/mol. The van der Waals surface area contributed by atoms with Crippen LogP contribution in [0, 0.1) is 5.82 Å². The van der Waals surface area contributed by atoms with E-state index in [4.69, 9.17) is 0 Å². The zero-order valence-electron chi connectivity index (χ0n) is 10.1. The molecule has 0 bridgehead atoms. The second kappa shape index (κ2) is 5.18. The molecular formula is C14H9Br2FN2O. The van der Waals surface area contributed by atoms with Gasteiger partial charge in [0.25, 0.3) is 0 Å². The van der Waals surface area contributed by atoms with E-state index in [9.17, 15) is 9.18 Å². The third kappa shape index (κ3) is 2.33. The monoisotopic (exact) mass is 398 g/mol. The fourth-order valence-corrected chi connectivity index (χ4v) is 3.76. The van der Waals surface area contributed by atoms with Gasteiger partial charge >= 0.3 is 5.69 Å². The van der Waals surface area contributed by atoms with Gasteiger partial charge in [-0.3, -0.25) is 0 Å². The van der Waals surface area contributed by atoms with Crippen LogP contribution in [0.2, 0.25) is 0 Å². The molecule has 1 heterocycles. The molecule has 0 fully saturated rings. The van der Waals surface area contributed by atoms with Crippen molar-refractivity contribution in [2.45, 2.75) is 4.83 Å². The number of fused-ring (bicyclic) bond motifs is 1. The summed E-state index contributed by atoms with van der Waals surface area (Å²) in [6, 6.07) is 10.3. The van der Waals surface area contributed by atoms with E-state index < -0.39 is 0 Å². The van der Waals surface area contributed by atoms with Gasteiger partial charge in [-0.25, -0.2) is 9.18 Å². The predicted molar refractivity (Wildman–Crippen MR) is 83.8 cm³/mol. The molecule has 0 aliphatic rings. The number of alkyl halides is 1. The van der Waals surface area contributed by atoms with Crippen LogP contribution < -0.4 is 5.69 Å². The molecule has 2 aromatic carbocycles. The number of imidazole rings is 1. The Morgan fingerprint density at radius 1 is 1.10 bits per heavy atom. The second-order valence-corrected chi connectivity index (χ2v) is 6.15. The minimum atomic E-state index is -0.305. The van der Waals surface area contributed by atoms with Crippen LogP contribution in [0.15, 0.2) is 45.7 Å². The fraction of sp³-hybridized carbons (Fsp3) is 0.0714. The smallest absolute Gasteiger partial charge is 0.306 e. The molecule has 0 saturated carbocycles. The first-order valence-electron chi connectivity index (χ1n) is 5.86. The van der Waals surface area contributed by atoms with E-state index in [-0.39, 0.29) is 16.3 Å². The van der Waals surface area contributed by atoms with E-state index in [2.05, 4.69) is 41.8 Å². The highest BCUT2D eigenvalue weighted by molar-refractivity contribution is 9.11. The molecule has 3 aromatic rings. The Morgan fingerprint density at radius 3 is 2.60 bits per heavy atom. The molecule has 0 saturated heterocycles. The highest BCUT2D eigenvalue weighted by Crippen LogP contribution is 2.37. The molecule has 2 N–H and O–H groups in total. The second-order valence-electron chi connectivity index (χ2n) is 4.38. The quantitative estimate of drug-likeness (QED) is 0.622. The Hall–Kier alpha value is -1.40. The zero-order valence-corrected chi connectivity index (χ0v) is 13.3. The molecule has 1 atom stereocenters. The van der Waals surface area contributed by atoms with Gasteiger partial charge in [0.15, 0.2) is 0 Å². The van der Waals surface area contributed by atoms with Gasteiger partial charge in [-0.1, -0.05) is 44.0 Å². The van der Waals surface area contributed by atoms with Gasteiger partial charge in [-0.05, 0) is 29.8 Å². The summed E-state index contributed by atoms with van der Waals surface area (Å²) >= 11 is 6.88. The van der Waals surface area contributed by atoms with Crippen LogP contribution >= 0.6 is 31.9 Å². The van der Waals surface area contributed by atoms with Crippen LogP contribution in [0.3, 0.4) is 0 Å². The van der Waals surface area contributed by atoms with Crippen molar-refractivity contribution < 1.29 is 4.39 Å². The Labute approximate surface area is 130 Å². The van der Waals surface area contributed by atoms with Gasteiger partial charge < -0.3 is 9.97 Å². The van der Waals surface area contributed by atoms with Gasteiger partial charge in [-0.15, -0.1) is 0 Å². The lowest BCUT2D eigenvalue weighted by Gasteiger charge is -2.13. The van der Waals surface area contributed by atoms with Gasteiger partial charge in [0, 0.05) is 10.0 Å². The molecule has 0 aliphatic carbocycles. The van der Waals surface area contributed by atoms with E-state index in [0.717, 1.165) is 11.1 Å². The van der Waals surface area contributed by atoms with Crippen LogP contribution in [0.1, 0.15) is 16.0 Å². The number of aromatic amines is 2. The number of halogens is 3. The van der Waals surface area contributed by atoms with Crippen LogP contribution in [-0.4, -0.2) is 9.97 Å². The number of benzene rings is 2. The van der Waals surface area contributed by atoms with Gasteiger partial charge in [0.05, 0.1) is 15.9 Å². The molecule has 1 aromatic heterocycles. The summed E-state index contributed by atoms with van der Waals surface area (Å²) < 4.78 is 14.7. The molecule has 0 radical (unpaired) electrons. The van der Waals surface area contributed by atoms with E-state index in [1.807, 2.05) is 12.1 Å². The summed E-state index contributed by atoms with van der Waals surface area (Å²) in [5, 5.41) is 0. The average Bonchev–Trinajstić information content (AvgIpc) is 2.77. The third-order valence-electron chi connectivity index (χ3n) is 3.09. The van der Waals surface area contributed by atoms with Gasteiger partial charge in [0.1, 0.15) is 5.82 Å². The van der Waals surface area contributed by atoms with Crippen LogP contribution in [0.5, 0.6) is 0 Å². The average molecular weight is 400 g/mol. The number of hydrogen-bond acceptors (Lipinski definition) is 1. The number of nitrogens with one attached hydrogen (secondary N) is 2. The summed E-state index contributed by atoms with van der Waals surface area (Å²) in [6.07, 6.45) is 0. The lowest BCUT2D eigenvalue weighted by Crippen LogP contribution is -1.99. The molecule has 102 valence electrons. The zero-order chi connectivity index (χ0) is 14.3. The Morgan fingerprint density at radius 2 is 1.85 bits per heavy atom. The van der Waals surface area contributed by atoms with Crippen LogP contribution in [0.25, 0.3) is 11.0 Å². The summed E-state index contributed by atoms with van der Waals surface area (Å²) in [4.78, 5) is 16.3. The first kappa shape index (κ1) is 13.6. The van der Waals surface area contributed by atoms with Crippen molar-refractivity contribution in [1.82, 2.24) is 9.97 Å². The van der Waals surface area contributed by atoms with Gasteiger partial charge in [-0.2, -0.15) is 0 Å². The van der Waals surface area contributed by atoms with Crippen molar-refractivity contribution in [2.75, 3.05) is 0 Å².